The van der Waals surface area contributed by atoms with Crippen LogP contribution in [0.3, 0.4) is 0 Å². The number of halogens is 1. The normalized spacial score (nSPS) is 18.9. The summed E-state index contributed by atoms with van der Waals surface area (Å²) >= 11 is 1.55. The molecule has 1 nitrogen and oxygen atoms in total. The molecular formula is C14H13FOS. The number of rotatable bonds is 3. The van der Waals surface area contributed by atoms with Crippen LogP contribution in [-0.2, 0) is 5.60 Å². The highest BCUT2D eigenvalue weighted by molar-refractivity contribution is 7.10. The van der Waals surface area contributed by atoms with E-state index in [1.54, 1.807) is 23.5 Å². The van der Waals surface area contributed by atoms with E-state index in [4.69, 9.17) is 0 Å². The molecule has 17 heavy (non-hydrogen) atoms. The second-order valence-electron chi connectivity index (χ2n) is 4.52. The van der Waals surface area contributed by atoms with Crippen LogP contribution in [-0.4, -0.2) is 5.11 Å². The van der Waals surface area contributed by atoms with Gasteiger partial charge >= 0.3 is 0 Å². The fourth-order valence-corrected chi connectivity index (χ4v) is 3.20. The molecule has 3 rings (SSSR count). The molecule has 1 aliphatic carbocycles. The second-order valence-corrected chi connectivity index (χ2v) is 5.47. The van der Waals surface area contributed by atoms with Crippen molar-refractivity contribution in [2.24, 2.45) is 5.92 Å². The van der Waals surface area contributed by atoms with Gasteiger partial charge in [0.05, 0.1) is 0 Å². The quantitative estimate of drug-likeness (QED) is 0.881. The second kappa shape index (κ2) is 3.93. The molecule has 1 N–H and O–H groups in total. The van der Waals surface area contributed by atoms with Gasteiger partial charge in [0.15, 0.2) is 0 Å². The maximum atomic E-state index is 13.0. The van der Waals surface area contributed by atoms with E-state index in [1.807, 2.05) is 17.5 Å². The fraction of sp³-hybridized carbons (Fsp3) is 0.286. The zero-order chi connectivity index (χ0) is 11.9. The van der Waals surface area contributed by atoms with Crippen molar-refractivity contribution in [2.75, 3.05) is 0 Å². The Morgan fingerprint density at radius 1 is 1.18 bits per heavy atom. The molecule has 2 aromatic rings. The lowest BCUT2D eigenvalue weighted by atomic mass is 9.87. The highest BCUT2D eigenvalue weighted by atomic mass is 32.1. The van der Waals surface area contributed by atoms with Crippen LogP contribution in [0.2, 0.25) is 0 Å². The first-order valence-electron chi connectivity index (χ1n) is 5.73. The van der Waals surface area contributed by atoms with E-state index in [2.05, 4.69) is 0 Å². The van der Waals surface area contributed by atoms with E-state index in [0.717, 1.165) is 23.3 Å². The Balaban J connectivity index is 2.08. The maximum Gasteiger partial charge on any atom is 0.126 e. The van der Waals surface area contributed by atoms with Crippen LogP contribution in [0.25, 0.3) is 0 Å². The highest BCUT2D eigenvalue weighted by Gasteiger charge is 2.47. The predicted octanol–water partition coefficient (Wildman–Crippen LogP) is 3.53. The number of benzene rings is 1. The Hall–Kier alpha value is -1.19. The van der Waals surface area contributed by atoms with Gasteiger partial charge in [0.2, 0.25) is 0 Å². The van der Waals surface area contributed by atoms with Crippen LogP contribution < -0.4 is 0 Å². The van der Waals surface area contributed by atoms with Gasteiger partial charge in [-0.25, -0.2) is 4.39 Å². The van der Waals surface area contributed by atoms with E-state index in [0.29, 0.717) is 0 Å². The molecule has 0 spiro atoms. The summed E-state index contributed by atoms with van der Waals surface area (Å²) in [6.07, 6.45) is 2.07. The minimum atomic E-state index is -0.929. The summed E-state index contributed by atoms with van der Waals surface area (Å²) in [5, 5.41) is 12.9. The van der Waals surface area contributed by atoms with Crippen molar-refractivity contribution in [3.05, 3.63) is 58.0 Å². The zero-order valence-corrected chi connectivity index (χ0v) is 10.1. The molecule has 1 aliphatic rings. The predicted molar refractivity (Wildman–Crippen MR) is 66.4 cm³/mol. The van der Waals surface area contributed by atoms with Crippen molar-refractivity contribution in [1.29, 1.82) is 0 Å². The summed E-state index contributed by atoms with van der Waals surface area (Å²) in [7, 11) is 0. The van der Waals surface area contributed by atoms with E-state index in [1.165, 1.54) is 12.1 Å². The topological polar surface area (TPSA) is 20.2 Å². The standard InChI is InChI=1S/C14H13FOS/c15-12-7-5-11(6-8-12)14(16,10-3-4-10)13-2-1-9-17-13/h1-2,5-10,16H,3-4H2/t14-/m0/s1. The largest absolute Gasteiger partial charge is 0.379 e. The van der Waals surface area contributed by atoms with Crippen molar-refractivity contribution < 1.29 is 9.50 Å². The van der Waals surface area contributed by atoms with Crippen LogP contribution in [0, 0.1) is 11.7 Å². The molecule has 0 unspecified atom stereocenters. The van der Waals surface area contributed by atoms with Gasteiger partial charge in [0, 0.05) is 4.88 Å². The molecule has 0 saturated heterocycles. The first kappa shape index (κ1) is 10.9. The van der Waals surface area contributed by atoms with Crippen LogP contribution in [0.4, 0.5) is 4.39 Å². The van der Waals surface area contributed by atoms with E-state index >= 15 is 0 Å². The third kappa shape index (κ3) is 1.79. The van der Waals surface area contributed by atoms with Crippen LogP contribution in [0.5, 0.6) is 0 Å². The summed E-state index contributed by atoms with van der Waals surface area (Å²) in [5.41, 5.74) is -0.133. The Kier molecular flexibility index (Phi) is 2.53. The molecule has 1 fully saturated rings. The van der Waals surface area contributed by atoms with Crippen molar-refractivity contribution in [1.82, 2.24) is 0 Å². The lowest BCUT2D eigenvalue weighted by Crippen LogP contribution is -2.28. The lowest BCUT2D eigenvalue weighted by Gasteiger charge is -2.27. The van der Waals surface area contributed by atoms with Crippen LogP contribution in [0.15, 0.2) is 41.8 Å². The van der Waals surface area contributed by atoms with Crippen LogP contribution in [0.1, 0.15) is 23.3 Å². The average molecular weight is 248 g/mol. The Bertz CT molecular complexity index is 502. The molecule has 0 aliphatic heterocycles. The van der Waals surface area contributed by atoms with Gasteiger partial charge in [0.1, 0.15) is 11.4 Å². The van der Waals surface area contributed by atoms with Gasteiger partial charge in [-0.05, 0) is 47.9 Å². The Labute approximate surface area is 104 Å². The van der Waals surface area contributed by atoms with E-state index < -0.39 is 5.60 Å². The van der Waals surface area contributed by atoms with Crippen molar-refractivity contribution in [3.63, 3.8) is 0 Å². The smallest absolute Gasteiger partial charge is 0.126 e. The summed E-state index contributed by atoms with van der Waals surface area (Å²) < 4.78 is 13.0. The van der Waals surface area contributed by atoms with E-state index in [-0.39, 0.29) is 11.7 Å². The third-order valence-electron chi connectivity index (χ3n) is 3.35. The summed E-state index contributed by atoms with van der Waals surface area (Å²) in [6, 6.07) is 10.1. The summed E-state index contributed by atoms with van der Waals surface area (Å²) in [5.74, 6) is 0.00434. The number of thiophene rings is 1. The Morgan fingerprint density at radius 2 is 1.88 bits per heavy atom. The first-order valence-corrected chi connectivity index (χ1v) is 6.61. The van der Waals surface area contributed by atoms with Crippen molar-refractivity contribution in [3.8, 4) is 0 Å². The molecule has 88 valence electrons. The van der Waals surface area contributed by atoms with Crippen molar-refractivity contribution >= 4 is 11.3 Å². The monoisotopic (exact) mass is 248 g/mol. The van der Waals surface area contributed by atoms with Gasteiger partial charge in [0.25, 0.3) is 0 Å². The van der Waals surface area contributed by atoms with E-state index in [9.17, 15) is 9.50 Å². The molecule has 0 amide bonds. The fourth-order valence-electron chi connectivity index (χ4n) is 2.28. The van der Waals surface area contributed by atoms with Crippen LogP contribution >= 0.6 is 11.3 Å². The summed E-state index contributed by atoms with van der Waals surface area (Å²) in [6.45, 7) is 0. The average Bonchev–Trinajstić information content (AvgIpc) is 3.05. The van der Waals surface area contributed by atoms with Gasteiger partial charge in [-0.2, -0.15) is 0 Å². The van der Waals surface area contributed by atoms with Crippen molar-refractivity contribution in [2.45, 2.75) is 18.4 Å². The molecule has 0 bridgehead atoms. The Morgan fingerprint density at radius 3 is 2.41 bits per heavy atom. The van der Waals surface area contributed by atoms with Gasteiger partial charge in [-0.1, -0.05) is 18.2 Å². The lowest BCUT2D eigenvalue weighted by molar-refractivity contribution is 0.0601. The summed E-state index contributed by atoms with van der Waals surface area (Å²) in [4.78, 5) is 0.951. The third-order valence-corrected chi connectivity index (χ3v) is 4.34. The molecule has 1 atom stereocenters. The zero-order valence-electron chi connectivity index (χ0n) is 9.27. The minimum Gasteiger partial charge on any atom is -0.379 e. The number of hydrogen-bond acceptors (Lipinski definition) is 2. The maximum absolute atomic E-state index is 13.0. The first-order chi connectivity index (χ1) is 8.21. The molecule has 1 heterocycles. The molecule has 0 radical (unpaired) electrons. The molecule has 1 saturated carbocycles. The molecule has 3 heteroatoms. The molecule has 1 aromatic carbocycles. The molecule has 1 aromatic heterocycles. The van der Waals surface area contributed by atoms with Gasteiger partial charge in [-0.3, -0.25) is 0 Å². The number of aliphatic hydroxyl groups is 1. The molecular weight excluding hydrogens is 235 g/mol. The van der Waals surface area contributed by atoms with Gasteiger partial charge < -0.3 is 5.11 Å². The SMILES string of the molecule is O[C@@](c1ccc(F)cc1)(c1cccs1)C1CC1. The number of hydrogen-bond donors (Lipinski definition) is 1. The van der Waals surface area contributed by atoms with Gasteiger partial charge in [-0.15, -0.1) is 11.3 Å². The minimum absolute atomic E-state index is 0.266. The highest BCUT2D eigenvalue weighted by Crippen LogP contribution is 2.50.